The molecule has 0 aliphatic rings. The van der Waals surface area contributed by atoms with E-state index in [-0.39, 0.29) is 0 Å². The maximum atomic E-state index is 5.73. The summed E-state index contributed by atoms with van der Waals surface area (Å²) in [6.45, 7) is 5.28. The first-order chi connectivity index (χ1) is 7.63. The average Bonchev–Trinajstić information content (AvgIpc) is 2.24. The van der Waals surface area contributed by atoms with Crippen molar-refractivity contribution in [3.8, 4) is 0 Å². The van der Waals surface area contributed by atoms with Crippen LogP contribution in [0.3, 0.4) is 0 Å². The number of hydrogen-bond donors (Lipinski definition) is 1. The van der Waals surface area contributed by atoms with Gasteiger partial charge in [0.15, 0.2) is 0 Å². The van der Waals surface area contributed by atoms with Crippen LogP contribution in [0.2, 0.25) is 0 Å². The molecule has 0 unspecified atom stereocenters. The van der Waals surface area contributed by atoms with Gasteiger partial charge in [-0.2, -0.15) is 0 Å². The van der Waals surface area contributed by atoms with E-state index in [1.165, 1.54) is 0 Å². The van der Waals surface area contributed by atoms with Crippen LogP contribution in [0.25, 0.3) is 0 Å². The van der Waals surface area contributed by atoms with Crippen LogP contribution in [-0.2, 0) is 0 Å². The average molecular weight is 222 g/mol. The van der Waals surface area contributed by atoms with Gasteiger partial charge in [-0.25, -0.2) is 0 Å². The molecule has 90 valence electrons. The van der Waals surface area contributed by atoms with E-state index in [9.17, 15) is 0 Å². The first kappa shape index (κ1) is 12.8. The molecule has 0 aromatic carbocycles. The minimum atomic E-state index is 0.726. The molecule has 1 aromatic heterocycles. The quantitative estimate of drug-likeness (QED) is 0.791. The van der Waals surface area contributed by atoms with Crippen molar-refractivity contribution >= 4 is 11.4 Å². The number of aromatic nitrogens is 1. The highest BCUT2D eigenvalue weighted by Crippen LogP contribution is 2.15. The van der Waals surface area contributed by atoms with Crippen molar-refractivity contribution in [2.24, 2.45) is 0 Å². The SMILES string of the molecule is CCN(CCCN(C)C)c1cncc(N)c1. The zero-order valence-corrected chi connectivity index (χ0v) is 10.5. The van der Waals surface area contributed by atoms with Crippen molar-refractivity contribution in [1.29, 1.82) is 0 Å². The van der Waals surface area contributed by atoms with E-state index in [1.807, 2.05) is 12.3 Å². The van der Waals surface area contributed by atoms with Gasteiger partial charge in [-0.3, -0.25) is 4.98 Å². The van der Waals surface area contributed by atoms with Gasteiger partial charge < -0.3 is 15.5 Å². The Bertz CT molecular complexity index is 312. The summed E-state index contributed by atoms with van der Waals surface area (Å²) in [5.41, 5.74) is 7.57. The van der Waals surface area contributed by atoms with E-state index < -0.39 is 0 Å². The minimum Gasteiger partial charge on any atom is -0.397 e. The van der Waals surface area contributed by atoms with Crippen molar-refractivity contribution in [3.05, 3.63) is 18.5 Å². The van der Waals surface area contributed by atoms with Crippen LogP contribution >= 0.6 is 0 Å². The third-order valence-electron chi connectivity index (χ3n) is 2.53. The summed E-state index contributed by atoms with van der Waals surface area (Å²) in [5, 5.41) is 0. The Balaban J connectivity index is 2.53. The summed E-state index contributed by atoms with van der Waals surface area (Å²) in [7, 11) is 4.19. The molecule has 0 atom stereocenters. The molecular weight excluding hydrogens is 200 g/mol. The predicted molar refractivity (Wildman–Crippen MR) is 69.7 cm³/mol. The van der Waals surface area contributed by atoms with E-state index in [0.717, 1.165) is 37.4 Å². The third-order valence-corrected chi connectivity index (χ3v) is 2.53. The molecule has 0 saturated carbocycles. The summed E-state index contributed by atoms with van der Waals surface area (Å²) < 4.78 is 0. The summed E-state index contributed by atoms with van der Waals surface area (Å²) in [6, 6.07) is 1.98. The van der Waals surface area contributed by atoms with Crippen LogP contribution in [0, 0.1) is 0 Å². The minimum absolute atomic E-state index is 0.726. The fraction of sp³-hybridized carbons (Fsp3) is 0.583. The zero-order valence-electron chi connectivity index (χ0n) is 10.5. The van der Waals surface area contributed by atoms with E-state index >= 15 is 0 Å². The Kier molecular flexibility index (Phi) is 5.05. The van der Waals surface area contributed by atoms with E-state index in [4.69, 9.17) is 5.73 Å². The summed E-state index contributed by atoms with van der Waals surface area (Å²) in [5.74, 6) is 0. The summed E-state index contributed by atoms with van der Waals surface area (Å²) in [6.07, 6.45) is 4.70. The molecule has 16 heavy (non-hydrogen) atoms. The van der Waals surface area contributed by atoms with Gasteiger partial charge in [0, 0.05) is 19.3 Å². The molecule has 1 heterocycles. The van der Waals surface area contributed by atoms with Crippen molar-refractivity contribution < 1.29 is 0 Å². The van der Waals surface area contributed by atoms with E-state index in [0.29, 0.717) is 0 Å². The molecule has 0 amide bonds. The second-order valence-electron chi connectivity index (χ2n) is 4.21. The molecule has 0 saturated heterocycles. The molecule has 4 nitrogen and oxygen atoms in total. The fourth-order valence-corrected chi connectivity index (χ4v) is 1.67. The number of hydrogen-bond acceptors (Lipinski definition) is 4. The normalized spacial score (nSPS) is 10.8. The molecule has 4 heteroatoms. The third kappa shape index (κ3) is 4.06. The van der Waals surface area contributed by atoms with Gasteiger partial charge in [-0.1, -0.05) is 0 Å². The van der Waals surface area contributed by atoms with Gasteiger partial charge in [0.2, 0.25) is 0 Å². The molecule has 1 rings (SSSR count). The molecule has 0 aliphatic carbocycles. The Hall–Kier alpha value is -1.29. The highest BCUT2D eigenvalue weighted by atomic mass is 15.1. The Morgan fingerprint density at radius 1 is 1.25 bits per heavy atom. The standard InChI is InChI=1S/C12H22N4/c1-4-16(7-5-6-15(2)3)12-8-11(13)9-14-10-12/h8-10H,4-7,13H2,1-3H3. The van der Waals surface area contributed by atoms with Crippen molar-refractivity contribution in [2.75, 3.05) is 44.4 Å². The van der Waals surface area contributed by atoms with Gasteiger partial charge in [-0.05, 0) is 40.1 Å². The predicted octanol–water partition coefficient (Wildman–Crippen LogP) is 1.44. The molecule has 1 aromatic rings. The van der Waals surface area contributed by atoms with Crippen LogP contribution in [-0.4, -0.2) is 43.6 Å². The molecule has 0 fully saturated rings. The number of nitrogen functional groups attached to an aromatic ring is 1. The number of anilines is 2. The first-order valence-electron chi connectivity index (χ1n) is 5.73. The lowest BCUT2D eigenvalue weighted by atomic mass is 10.3. The van der Waals surface area contributed by atoms with Crippen molar-refractivity contribution in [2.45, 2.75) is 13.3 Å². The second-order valence-corrected chi connectivity index (χ2v) is 4.21. The van der Waals surface area contributed by atoms with Gasteiger partial charge in [0.1, 0.15) is 0 Å². The van der Waals surface area contributed by atoms with Crippen molar-refractivity contribution in [1.82, 2.24) is 9.88 Å². The van der Waals surface area contributed by atoms with Crippen LogP contribution < -0.4 is 10.6 Å². The topological polar surface area (TPSA) is 45.4 Å². The molecule has 0 bridgehead atoms. The number of rotatable bonds is 6. The number of nitrogens with zero attached hydrogens (tertiary/aromatic N) is 3. The summed E-state index contributed by atoms with van der Waals surface area (Å²) >= 11 is 0. The highest BCUT2D eigenvalue weighted by Gasteiger charge is 2.04. The Morgan fingerprint density at radius 3 is 2.56 bits per heavy atom. The van der Waals surface area contributed by atoms with Gasteiger partial charge in [0.25, 0.3) is 0 Å². The lowest BCUT2D eigenvalue weighted by Crippen LogP contribution is -2.27. The smallest absolute Gasteiger partial charge is 0.0573 e. The molecule has 0 radical (unpaired) electrons. The molecule has 2 N–H and O–H groups in total. The van der Waals surface area contributed by atoms with Crippen LogP contribution in [0.5, 0.6) is 0 Å². The van der Waals surface area contributed by atoms with Crippen molar-refractivity contribution in [3.63, 3.8) is 0 Å². The largest absolute Gasteiger partial charge is 0.397 e. The molecule has 0 spiro atoms. The summed E-state index contributed by atoms with van der Waals surface area (Å²) in [4.78, 5) is 8.62. The van der Waals surface area contributed by atoms with Gasteiger partial charge in [0.05, 0.1) is 17.6 Å². The number of nitrogens with two attached hydrogens (primary N) is 1. The monoisotopic (exact) mass is 222 g/mol. The molecule has 0 aliphatic heterocycles. The Morgan fingerprint density at radius 2 is 2.00 bits per heavy atom. The lowest BCUT2D eigenvalue weighted by molar-refractivity contribution is 0.400. The van der Waals surface area contributed by atoms with Crippen LogP contribution in [0.15, 0.2) is 18.5 Å². The highest BCUT2D eigenvalue weighted by molar-refractivity contribution is 5.53. The number of pyridine rings is 1. The van der Waals surface area contributed by atoms with Crippen LogP contribution in [0.1, 0.15) is 13.3 Å². The lowest BCUT2D eigenvalue weighted by Gasteiger charge is -2.23. The van der Waals surface area contributed by atoms with E-state index in [2.05, 4.69) is 35.8 Å². The first-order valence-corrected chi connectivity index (χ1v) is 5.73. The van der Waals surface area contributed by atoms with Crippen LogP contribution in [0.4, 0.5) is 11.4 Å². The maximum absolute atomic E-state index is 5.73. The van der Waals surface area contributed by atoms with Gasteiger partial charge in [-0.15, -0.1) is 0 Å². The Labute approximate surface area is 98.1 Å². The van der Waals surface area contributed by atoms with Gasteiger partial charge >= 0.3 is 0 Å². The molecular formula is C12H22N4. The maximum Gasteiger partial charge on any atom is 0.0573 e. The fourth-order valence-electron chi connectivity index (χ4n) is 1.67. The zero-order chi connectivity index (χ0) is 12.0. The van der Waals surface area contributed by atoms with E-state index in [1.54, 1.807) is 6.20 Å². The second kappa shape index (κ2) is 6.33.